The molecule has 0 saturated heterocycles. The Kier molecular flexibility index (Phi) is 3.70. The van der Waals surface area contributed by atoms with Crippen LogP contribution in [-0.2, 0) is 4.84 Å². The Bertz CT molecular complexity index is 622. The highest BCUT2D eigenvalue weighted by Crippen LogP contribution is 2.44. The van der Waals surface area contributed by atoms with E-state index in [4.69, 9.17) is 9.57 Å². The molecule has 1 aliphatic heterocycles. The second-order valence-electron chi connectivity index (χ2n) is 6.03. The predicted octanol–water partition coefficient (Wildman–Crippen LogP) is 4.11. The van der Waals surface area contributed by atoms with E-state index >= 15 is 0 Å². The molecule has 1 N–H and O–H groups in total. The van der Waals surface area contributed by atoms with Gasteiger partial charge >= 0.3 is 0 Å². The molecule has 0 bridgehead atoms. The molecule has 2 aromatic rings. The highest BCUT2D eigenvalue weighted by Gasteiger charge is 2.35. The quantitative estimate of drug-likeness (QED) is 0.860. The van der Waals surface area contributed by atoms with Crippen LogP contribution in [0.2, 0.25) is 0 Å². The second-order valence-corrected chi connectivity index (χ2v) is 6.03. The summed E-state index contributed by atoms with van der Waals surface area (Å²) in [5.41, 5.74) is 6.32. The molecule has 0 fully saturated rings. The molecule has 1 atom stereocenters. The minimum atomic E-state index is -0.228. The highest BCUT2D eigenvalue weighted by atomic mass is 16.6. The molecule has 3 heteroatoms. The molecule has 1 aliphatic rings. The van der Waals surface area contributed by atoms with Gasteiger partial charge in [0.05, 0.1) is 13.2 Å². The topological polar surface area (TPSA) is 30.5 Å². The molecule has 0 saturated carbocycles. The summed E-state index contributed by atoms with van der Waals surface area (Å²) in [7, 11) is 1.66. The first-order valence-electron chi connectivity index (χ1n) is 7.26. The van der Waals surface area contributed by atoms with Crippen LogP contribution in [0.15, 0.2) is 48.5 Å². The first kappa shape index (κ1) is 14.1. The van der Waals surface area contributed by atoms with E-state index in [9.17, 15) is 0 Å². The lowest BCUT2D eigenvalue weighted by Gasteiger charge is -2.38. The standard InChI is InChI=1S/C18H21NO2/c1-18(2)12-16(19-20-3)15-11-7-10-14(17(15)21-18)13-8-5-4-6-9-13/h4-11,16,19H,12H2,1-3H3. The van der Waals surface area contributed by atoms with Gasteiger partial charge in [0.15, 0.2) is 0 Å². The Hall–Kier alpha value is -1.84. The minimum absolute atomic E-state index is 0.136. The van der Waals surface area contributed by atoms with Crippen LogP contribution in [0.3, 0.4) is 0 Å². The maximum atomic E-state index is 6.29. The lowest BCUT2D eigenvalue weighted by Crippen LogP contribution is -2.39. The minimum Gasteiger partial charge on any atom is -0.487 e. The van der Waals surface area contributed by atoms with E-state index < -0.39 is 0 Å². The third kappa shape index (κ3) is 2.80. The normalized spacial score (nSPS) is 19.7. The van der Waals surface area contributed by atoms with Gasteiger partial charge in [-0.15, -0.1) is 0 Å². The van der Waals surface area contributed by atoms with Crippen LogP contribution in [0, 0.1) is 0 Å². The van der Waals surface area contributed by atoms with E-state index in [-0.39, 0.29) is 11.6 Å². The van der Waals surface area contributed by atoms with Crippen molar-refractivity contribution in [3.63, 3.8) is 0 Å². The number of hydroxylamine groups is 1. The van der Waals surface area contributed by atoms with E-state index in [1.165, 1.54) is 5.56 Å². The fourth-order valence-corrected chi connectivity index (χ4v) is 2.96. The summed E-state index contributed by atoms with van der Waals surface area (Å²) in [5, 5.41) is 0. The zero-order chi connectivity index (χ0) is 14.9. The maximum absolute atomic E-state index is 6.29. The maximum Gasteiger partial charge on any atom is 0.132 e. The molecule has 3 nitrogen and oxygen atoms in total. The van der Waals surface area contributed by atoms with Gasteiger partial charge in [0.2, 0.25) is 0 Å². The molecule has 110 valence electrons. The Labute approximate surface area is 125 Å². The van der Waals surface area contributed by atoms with Gasteiger partial charge < -0.3 is 9.57 Å². The van der Waals surface area contributed by atoms with Crippen LogP contribution in [0.5, 0.6) is 5.75 Å². The number of para-hydroxylation sites is 1. The Balaban J connectivity index is 2.12. The summed E-state index contributed by atoms with van der Waals surface area (Å²) in [5.74, 6) is 0.953. The van der Waals surface area contributed by atoms with E-state index in [1.807, 2.05) is 18.2 Å². The van der Waals surface area contributed by atoms with Gasteiger partial charge in [-0.1, -0.05) is 48.5 Å². The van der Waals surface area contributed by atoms with Crippen molar-refractivity contribution in [2.75, 3.05) is 7.11 Å². The van der Waals surface area contributed by atoms with E-state index in [1.54, 1.807) is 7.11 Å². The molecule has 1 unspecified atom stereocenters. The third-order valence-corrected chi connectivity index (χ3v) is 3.84. The van der Waals surface area contributed by atoms with Crippen LogP contribution in [0.1, 0.15) is 31.9 Å². The SMILES string of the molecule is CONC1CC(C)(C)Oc2c(-c3ccccc3)cccc21. The van der Waals surface area contributed by atoms with Gasteiger partial charge in [0.1, 0.15) is 11.4 Å². The molecule has 0 radical (unpaired) electrons. The molecule has 0 amide bonds. The first-order valence-corrected chi connectivity index (χ1v) is 7.26. The number of hydrogen-bond acceptors (Lipinski definition) is 3. The molecule has 0 aliphatic carbocycles. The lowest BCUT2D eigenvalue weighted by atomic mass is 9.87. The van der Waals surface area contributed by atoms with Gasteiger partial charge in [0.25, 0.3) is 0 Å². The van der Waals surface area contributed by atoms with Gasteiger partial charge in [-0.3, -0.25) is 0 Å². The van der Waals surface area contributed by atoms with Gasteiger partial charge in [-0.25, -0.2) is 0 Å². The van der Waals surface area contributed by atoms with Crippen molar-refractivity contribution in [1.82, 2.24) is 5.48 Å². The average Bonchev–Trinajstić information content (AvgIpc) is 2.47. The molecule has 2 aromatic carbocycles. The van der Waals surface area contributed by atoms with Crippen LogP contribution < -0.4 is 10.2 Å². The van der Waals surface area contributed by atoms with Gasteiger partial charge in [-0.2, -0.15) is 5.48 Å². The largest absolute Gasteiger partial charge is 0.487 e. The Morgan fingerprint density at radius 1 is 1.10 bits per heavy atom. The monoisotopic (exact) mass is 283 g/mol. The number of nitrogens with one attached hydrogen (secondary N) is 1. The summed E-state index contributed by atoms with van der Waals surface area (Å²) < 4.78 is 6.29. The van der Waals surface area contributed by atoms with Crippen molar-refractivity contribution in [1.29, 1.82) is 0 Å². The zero-order valence-electron chi connectivity index (χ0n) is 12.7. The van der Waals surface area contributed by atoms with Crippen LogP contribution in [0.25, 0.3) is 11.1 Å². The Morgan fingerprint density at radius 2 is 1.86 bits per heavy atom. The van der Waals surface area contributed by atoms with Crippen LogP contribution in [0.4, 0.5) is 0 Å². The second kappa shape index (κ2) is 5.51. The van der Waals surface area contributed by atoms with Crippen LogP contribution >= 0.6 is 0 Å². The number of hydrogen-bond donors (Lipinski definition) is 1. The van der Waals surface area contributed by atoms with E-state index in [0.29, 0.717) is 0 Å². The fraction of sp³-hybridized carbons (Fsp3) is 0.333. The first-order chi connectivity index (χ1) is 10.1. The molecule has 0 aromatic heterocycles. The molecule has 21 heavy (non-hydrogen) atoms. The van der Waals surface area contributed by atoms with Crippen LogP contribution in [-0.4, -0.2) is 12.7 Å². The van der Waals surface area contributed by atoms with E-state index in [2.05, 4.69) is 49.7 Å². The number of fused-ring (bicyclic) bond motifs is 1. The highest BCUT2D eigenvalue weighted by molar-refractivity contribution is 5.73. The fourth-order valence-electron chi connectivity index (χ4n) is 2.96. The third-order valence-electron chi connectivity index (χ3n) is 3.84. The summed E-state index contributed by atoms with van der Waals surface area (Å²) >= 11 is 0. The average molecular weight is 283 g/mol. The molecule has 1 heterocycles. The molecular weight excluding hydrogens is 262 g/mol. The van der Waals surface area contributed by atoms with Gasteiger partial charge in [-0.05, 0) is 19.4 Å². The van der Waals surface area contributed by atoms with Crippen molar-refractivity contribution >= 4 is 0 Å². The van der Waals surface area contributed by atoms with Gasteiger partial charge in [0, 0.05) is 17.5 Å². The van der Waals surface area contributed by atoms with Crippen molar-refractivity contribution in [2.45, 2.75) is 31.9 Å². The Morgan fingerprint density at radius 3 is 2.57 bits per heavy atom. The van der Waals surface area contributed by atoms with E-state index in [0.717, 1.165) is 23.3 Å². The van der Waals surface area contributed by atoms with Crippen molar-refractivity contribution < 1.29 is 9.57 Å². The molecule has 3 rings (SSSR count). The molecular formula is C18H21NO2. The summed E-state index contributed by atoms with van der Waals surface area (Å²) in [4.78, 5) is 5.17. The van der Waals surface area contributed by atoms with Crippen molar-refractivity contribution in [2.24, 2.45) is 0 Å². The van der Waals surface area contributed by atoms with Crippen molar-refractivity contribution in [3.8, 4) is 16.9 Å². The lowest BCUT2D eigenvalue weighted by molar-refractivity contribution is 0.00334. The predicted molar refractivity (Wildman–Crippen MR) is 84.1 cm³/mol. The number of rotatable bonds is 3. The summed E-state index contributed by atoms with van der Waals surface area (Å²) in [6, 6.07) is 16.8. The summed E-state index contributed by atoms with van der Waals surface area (Å²) in [6.45, 7) is 4.23. The zero-order valence-corrected chi connectivity index (χ0v) is 12.7. The smallest absolute Gasteiger partial charge is 0.132 e. The summed E-state index contributed by atoms with van der Waals surface area (Å²) in [6.07, 6.45) is 0.867. The number of benzene rings is 2. The van der Waals surface area contributed by atoms with Crippen molar-refractivity contribution in [3.05, 3.63) is 54.1 Å². The number of ether oxygens (including phenoxy) is 1. The molecule has 0 spiro atoms.